The highest BCUT2D eigenvalue weighted by Crippen LogP contribution is 2.26. The number of hydrogen-bond acceptors (Lipinski definition) is 2. The predicted octanol–water partition coefficient (Wildman–Crippen LogP) is 5.82. The minimum Gasteiger partial charge on any atom is -0.241 e. The fraction of sp³-hybridized carbons (Fsp3) is 0.0625. The van der Waals surface area contributed by atoms with Gasteiger partial charge in [0.25, 0.3) is 0 Å². The molecular formula is C16H11BrClNS. The number of nitrogens with zero attached hydrogens (tertiary/aromatic N) is 1. The van der Waals surface area contributed by atoms with Crippen molar-refractivity contribution in [1.29, 1.82) is 0 Å². The van der Waals surface area contributed by atoms with Crippen molar-refractivity contribution >= 4 is 38.9 Å². The van der Waals surface area contributed by atoms with Crippen molar-refractivity contribution in [1.82, 2.24) is 4.98 Å². The topological polar surface area (TPSA) is 12.9 Å². The van der Waals surface area contributed by atoms with Crippen LogP contribution in [0, 0.1) is 0 Å². The Bertz CT molecular complexity index is 721. The lowest BCUT2D eigenvalue weighted by Crippen LogP contribution is -1.87. The average molecular weight is 365 g/mol. The first-order chi connectivity index (χ1) is 9.70. The summed E-state index contributed by atoms with van der Waals surface area (Å²) in [4.78, 5) is 4.70. The molecular weight excluding hydrogens is 354 g/mol. The van der Waals surface area contributed by atoms with E-state index in [1.54, 1.807) is 11.3 Å². The van der Waals surface area contributed by atoms with E-state index in [9.17, 15) is 0 Å². The molecule has 1 heterocycles. The van der Waals surface area contributed by atoms with Gasteiger partial charge in [-0.2, -0.15) is 0 Å². The van der Waals surface area contributed by atoms with E-state index in [0.717, 1.165) is 32.2 Å². The van der Waals surface area contributed by atoms with Gasteiger partial charge in [-0.3, -0.25) is 0 Å². The quantitative estimate of drug-likeness (QED) is 0.571. The van der Waals surface area contributed by atoms with Gasteiger partial charge >= 0.3 is 0 Å². The largest absolute Gasteiger partial charge is 0.241 e. The molecule has 0 spiro atoms. The highest BCUT2D eigenvalue weighted by molar-refractivity contribution is 9.10. The maximum Gasteiger partial charge on any atom is 0.0976 e. The summed E-state index contributed by atoms with van der Waals surface area (Å²) in [6.45, 7) is 0. The van der Waals surface area contributed by atoms with E-state index in [-0.39, 0.29) is 0 Å². The van der Waals surface area contributed by atoms with Gasteiger partial charge in [-0.1, -0.05) is 51.8 Å². The lowest BCUT2D eigenvalue weighted by atomic mass is 10.1. The molecule has 0 fully saturated rings. The van der Waals surface area contributed by atoms with Gasteiger partial charge in [-0.25, -0.2) is 4.98 Å². The highest BCUT2D eigenvalue weighted by atomic mass is 79.9. The van der Waals surface area contributed by atoms with Crippen LogP contribution in [-0.2, 0) is 6.42 Å². The summed E-state index contributed by atoms with van der Waals surface area (Å²) in [5.41, 5.74) is 3.39. The molecule has 1 aromatic heterocycles. The van der Waals surface area contributed by atoms with E-state index < -0.39 is 0 Å². The van der Waals surface area contributed by atoms with Crippen LogP contribution in [0.3, 0.4) is 0 Å². The van der Waals surface area contributed by atoms with Crippen LogP contribution in [0.25, 0.3) is 11.3 Å². The van der Waals surface area contributed by atoms with Crippen LogP contribution in [0.15, 0.2) is 58.4 Å². The van der Waals surface area contributed by atoms with E-state index in [0.29, 0.717) is 0 Å². The zero-order chi connectivity index (χ0) is 13.9. The molecule has 20 heavy (non-hydrogen) atoms. The van der Waals surface area contributed by atoms with Gasteiger partial charge < -0.3 is 0 Å². The molecule has 0 aliphatic heterocycles. The maximum atomic E-state index is 5.90. The van der Waals surface area contributed by atoms with Crippen LogP contribution in [0.5, 0.6) is 0 Å². The van der Waals surface area contributed by atoms with Gasteiger partial charge in [0.15, 0.2) is 0 Å². The summed E-state index contributed by atoms with van der Waals surface area (Å²) < 4.78 is 1.07. The number of benzene rings is 2. The number of rotatable bonds is 3. The minimum atomic E-state index is 0.766. The van der Waals surface area contributed by atoms with Gasteiger partial charge in [0.1, 0.15) is 0 Å². The van der Waals surface area contributed by atoms with Crippen molar-refractivity contribution in [3.8, 4) is 11.3 Å². The minimum absolute atomic E-state index is 0.766. The molecule has 1 nitrogen and oxygen atoms in total. The average Bonchev–Trinajstić information content (AvgIpc) is 2.90. The first-order valence-corrected chi connectivity index (χ1v) is 8.20. The van der Waals surface area contributed by atoms with Crippen LogP contribution < -0.4 is 0 Å². The fourth-order valence-corrected chi connectivity index (χ4v) is 3.31. The standard InChI is InChI=1S/C16H11BrClNS/c17-13-3-1-2-12(9-13)15-10-20-16(19-15)8-11-4-6-14(18)7-5-11/h1-7,9-10H,8H2. The van der Waals surface area contributed by atoms with E-state index >= 15 is 0 Å². The molecule has 0 saturated carbocycles. The smallest absolute Gasteiger partial charge is 0.0976 e. The Labute approximate surface area is 135 Å². The molecule has 0 N–H and O–H groups in total. The van der Waals surface area contributed by atoms with Crippen molar-refractivity contribution in [2.75, 3.05) is 0 Å². The van der Waals surface area contributed by atoms with Gasteiger partial charge in [0.05, 0.1) is 10.7 Å². The lowest BCUT2D eigenvalue weighted by Gasteiger charge is -1.99. The Morgan fingerprint density at radius 2 is 1.90 bits per heavy atom. The van der Waals surface area contributed by atoms with Crippen molar-refractivity contribution in [2.45, 2.75) is 6.42 Å². The number of halogens is 2. The molecule has 0 aliphatic carbocycles. The first-order valence-electron chi connectivity index (χ1n) is 6.15. The molecule has 0 atom stereocenters. The second kappa shape index (κ2) is 6.08. The Morgan fingerprint density at radius 3 is 2.65 bits per heavy atom. The van der Waals surface area contributed by atoms with Crippen molar-refractivity contribution < 1.29 is 0 Å². The molecule has 4 heteroatoms. The highest BCUT2D eigenvalue weighted by Gasteiger charge is 2.06. The van der Waals surface area contributed by atoms with E-state index in [4.69, 9.17) is 16.6 Å². The molecule has 0 unspecified atom stereocenters. The van der Waals surface area contributed by atoms with Crippen LogP contribution in [0.4, 0.5) is 0 Å². The van der Waals surface area contributed by atoms with Gasteiger partial charge in [-0.15, -0.1) is 11.3 Å². The monoisotopic (exact) mass is 363 g/mol. The Kier molecular flexibility index (Phi) is 4.20. The van der Waals surface area contributed by atoms with E-state index in [2.05, 4.69) is 33.4 Å². The summed E-state index contributed by atoms with van der Waals surface area (Å²) in [5.74, 6) is 0. The van der Waals surface area contributed by atoms with Crippen LogP contribution >= 0.6 is 38.9 Å². The third-order valence-corrected chi connectivity index (χ3v) is 4.53. The normalized spacial score (nSPS) is 10.7. The van der Waals surface area contributed by atoms with Gasteiger partial charge in [0.2, 0.25) is 0 Å². The SMILES string of the molecule is Clc1ccc(Cc2nc(-c3cccc(Br)c3)cs2)cc1. The lowest BCUT2D eigenvalue weighted by molar-refractivity contribution is 1.14. The fourth-order valence-electron chi connectivity index (χ4n) is 1.95. The summed E-state index contributed by atoms with van der Waals surface area (Å²) >= 11 is 11.1. The van der Waals surface area contributed by atoms with E-state index in [1.807, 2.05) is 36.4 Å². The second-order valence-corrected chi connectivity index (χ2v) is 6.73. The number of aromatic nitrogens is 1. The Balaban J connectivity index is 1.82. The van der Waals surface area contributed by atoms with E-state index in [1.165, 1.54) is 5.56 Å². The third kappa shape index (κ3) is 3.29. The Morgan fingerprint density at radius 1 is 1.10 bits per heavy atom. The summed E-state index contributed by atoms with van der Waals surface area (Å²) in [5, 5.41) is 3.98. The molecule has 2 aromatic carbocycles. The maximum absolute atomic E-state index is 5.90. The summed E-state index contributed by atoms with van der Waals surface area (Å²) in [6, 6.07) is 16.1. The molecule has 3 rings (SSSR count). The third-order valence-electron chi connectivity index (χ3n) is 2.94. The number of thiazole rings is 1. The van der Waals surface area contributed by atoms with Gasteiger partial charge in [-0.05, 0) is 29.8 Å². The molecule has 0 amide bonds. The van der Waals surface area contributed by atoms with Crippen LogP contribution in [0.2, 0.25) is 5.02 Å². The zero-order valence-electron chi connectivity index (χ0n) is 10.5. The molecule has 100 valence electrons. The van der Waals surface area contributed by atoms with Gasteiger partial charge in [0, 0.05) is 26.9 Å². The Hall–Kier alpha value is -1.16. The molecule has 0 saturated heterocycles. The molecule has 0 radical (unpaired) electrons. The zero-order valence-corrected chi connectivity index (χ0v) is 13.7. The summed E-state index contributed by atoms with van der Waals surface area (Å²) in [6.07, 6.45) is 0.843. The second-order valence-electron chi connectivity index (χ2n) is 4.44. The predicted molar refractivity (Wildman–Crippen MR) is 89.5 cm³/mol. The van der Waals surface area contributed by atoms with Crippen LogP contribution in [0.1, 0.15) is 10.6 Å². The molecule has 0 aliphatic rings. The van der Waals surface area contributed by atoms with Crippen LogP contribution in [-0.4, -0.2) is 4.98 Å². The molecule has 3 aromatic rings. The van der Waals surface area contributed by atoms with Crippen molar-refractivity contribution in [3.05, 3.63) is 74.0 Å². The number of hydrogen-bond donors (Lipinski definition) is 0. The molecule has 0 bridgehead atoms. The van der Waals surface area contributed by atoms with Crippen molar-refractivity contribution in [3.63, 3.8) is 0 Å². The summed E-state index contributed by atoms with van der Waals surface area (Å²) in [7, 11) is 0. The first kappa shape index (κ1) is 13.8. The van der Waals surface area contributed by atoms with Crippen molar-refractivity contribution in [2.24, 2.45) is 0 Å².